The van der Waals surface area contributed by atoms with E-state index < -0.39 is 0 Å². The second kappa shape index (κ2) is 9.50. The molecule has 3 rings (SSSR count). The van der Waals surface area contributed by atoms with Gasteiger partial charge < -0.3 is 15.1 Å². The monoisotopic (exact) mass is 443 g/mol. The number of carbonyl (C=O) groups excluding carboxylic acids is 3. The van der Waals surface area contributed by atoms with E-state index in [0.717, 1.165) is 4.47 Å². The van der Waals surface area contributed by atoms with E-state index >= 15 is 0 Å². The summed E-state index contributed by atoms with van der Waals surface area (Å²) in [7, 11) is 0. The van der Waals surface area contributed by atoms with Crippen molar-refractivity contribution in [2.24, 2.45) is 0 Å². The van der Waals surface area contributed by atoms with Crippen molar-refractivity contribution in [2.45, 2.75) is 6.42 Å². The lowest BCUT2D eigenvalue weighted by molar-refractivity contribution is -0.129. The highest BCUT2D eigenvalue weighted by Gasteiger charge is 2.23. The van der Waals surface area contributed by atoms with Crippen molar-refractivity contribution in [1.29, 1.82) is 0 Å². The number of halogens is 1. The SMILES string of the molecule is O=C(NCC(=O)N1CCCN(C(=O)c2cccc(Br)c2)CC1)c1ccccc1. The first kappa shape index (κ1) is 20.1. The largest absolute Gasteiger partial charge is 0.343 e. The molecule has 28 heavy (non-hydrogen) atoms. The van der Waals surface area contributed by atoms with E-state index in [0.29, 0.717) is 43.7 Å². The number of hydrogen-bond donors (Lipinski definition) is 1. The van der Waals surface area contributed by atoms with E-state index in [2.05, 4.69) is 21.2 Å². The van der Waals surface area contributed by atoms with Crippen LogP contribution < -0.4 is 5.32 Å². The Hall–Kier alpha value is -2.67. The zero-order valence-corrected chi connectivity index (χ0v) is 17.0. The molecule has 2 aromatic rings. The second-order valence-electron chi connectivity index (χ2n) is 6.59. The molecule has 0 atom stereocenters. The highest BCUT2D eigenvalue weighted by molar-refractivity contribution is 9.10. The summed E-state index contributed by atoms with van der Waals surface area (Å²) >= 11 is 3.39. The van der Waals surface area contributed by atoms with Crippen LogP contribution in [0.2, 0.25) is 0 Å². The Bertz CT molecular complexity index is 857. The molecule has 0 saturated carbocycles. The molecule has 0 spiro atoms. The summed E-state index contributed by atoms with van der Waals surface area (Å²) in [4.78, 5) is 40.7. The fourth-order valence-corrected chi connectivity index (χ4v) is 3.53. The number of amides is 3. The lowest BCUT2D eigenvalue weighted by Crippen LogP contribution is -2.42. The first-order chi connectivity index (χ1) is 13.5. The van der Waals surface area contributed by atoms with E-state index in [4.69, 9.17) is 0 Å². The Morgan fingerprint density at radius 3 is 2.29 bits per heavy atom. The van der Waals surface area contributed by atoms with Crippen molar-refractivity contribution in [3.05, 3.63) is 70.2 Å². The zero-order chi connectivity index (χ0) is 19.9. The predicted molar refractivity (Wildman–Crippen MR) is 110 cm³/mol. The van der Waals surface area contributed by atoms with Crippen LogP contribution in [-0.2, 0) is 4.79 Å². The van der Waals surface area contributed by atoms with Gasteiger partial charge in [-0.2, -0.15) is 0 Å². The molecule has 1 saturated heterocycles. The van der Waals surface area contributed by atoms with Crippen molar-refractivity contribution in [3.8, 4) is 0 Å². The molecular formula is C21H22BrN3O3. The quantitative estimate of drug-likeness (QED) is 0.788. The van der Waals surface area contributed by atoms with Crippen LogP contribution in [0.5, 0.6) is 0 Å². The van der Waals surface area contributed by atoms with E-state index in [1.54, 1.807) is 46.2 Å². The van der Waals surface area contributed by atoms with Crippen LogP contribution in [-0.4, -0.2) is 60.2 Å². The van der Waals surface area contributed by atoms with E-state index in [9.17, 15) is 14.4 Å². The van der Waals surface area contributed by atoms with Crippen LogP contribution in [0.15, 0.2) is 59.1 Å². The van der Waals surface area contributed by atoms with Gasteiger partial charge in [0.1, 0.15) is 0 Å². The van der Waals surface area contributed by atoms with Gasteiger partial charge in [0.2, 0.25) is 5.91 Å². The normalized spacial score (nSPS) is 14.3. The van der Waals surface area contributed by atoms with Crippen LogP contribution in [0.3, 0.4) is 0 Å². The summed E-state index contributed by atoms with van der Waals surface area (Å²) in [5.41, 5.74) is 1.15. The van der Waals surface area contributed by atoms with Gasteiger partial charge in [0.25, 0.3) is 11.8 Å². The third-order valence-electron chi connectivity index (χ3n) is 4.64. The van der Waals surface area contributed by atoms with Gasteiger partial charge in [-0.05, 0) is 36.8 Å². The summed E-state index contributed by atoms with van der Waals surface area (Å²) in [6, 6.07) is 16.1. The third kappa shape index (κ3) is 5.19. The molecule has 2 aromatic carbocycles. The molecule has 1 N–H and O–H groups in total. The molecule has 0 bridgehead atoms. The van der Waals surface area contributed by atoms with Gasteiger partial charge in [-0.1, -0.05) is 40.2 Å². The molecule has 0 aliphatic carbocycles. The van der Waals surface area contributed by atoms with Crippen LogP contribution in [0.4, 0.5) is 0 Å². The van der Waals surface area contributed by atoms with Gasteiger partial charge >= 0.3 is 0 Å². The van der Waals surface area contributed by atoms with Crippen molar-refractivity contribution < 1.29 is 14.4 Å². The van der Waals surface area contributed by atoms with Gasteiger partial charge in [0.05, 0.1) is 6.54 Å². The molecule has 1 fully saturated rings. The minimum atomic E-state index is -0.268. The third-order valence-corrected chi connectivity index (χ3v) is 5.14. The molecule has 1 heterocycles. The summed E-state index contributed by atoms with van der Waals surface area (Å²) in [5, 5.41) is 2.67. The molecule has 6 nitrogen and oxygen atoms in total. The van der Waals surface area contributed by atoms with Crippen molar-refractivity contribution in [2.75, 3.05) is 32.7 Å². The topological polar surface area (TPSA) is 69.7 Å². The van der Waals surface area contributed by atoms with Gasteiger partial charge in [-0.25, -0.2) is 0 Å². The Morgan fingerprint density at radius 1 is 0.857 bits per heavy atom. The van der Waals surface area contributed by atoms with E-state index in [1.165, 1.54) is 0 Å². The standard InChI is InChI=1S/C21H22BrN3O3/c22-18-9-4-8-17(14-18)21(28)25-11-5-10-24(12-13-25)19(26)15-23-20(27)16-6-2-1-3-7-16/h1-4,6-9,14H,5,10-13,15H2,(H,23,27). The van der Waals surface area contributed by atoms with Crippen LogP contribution in [0, 0.1) is 0 Å². The zero-order valence-electron chi connectivity index (χ0n) is 15.4. The second-order valence-corrected chi connectivity index (χ2v) is 7.50. The van der Waals surface area contributed by atoms with Crippen molar-refractivity contribution in [1.82, 2.24) is 15.1 Å². The Balaban J connectivity index is 1.52. The molecular weight excluding hydrogens is 422 g/mol. The Labute approximate surface area is 172 Å². The Morgan fingerprint density at radius 2 is 1.54 bits per heavy atom. The first-order valence-corrected chi connectivity index (χ1v) is 10.00. The Kier molecular flexibility index (Phi) is 6.81. The van der Waals surface area contributed by atoms with E-state index in [1.807, 2.05) is 18.2 Å². The van der Waals surface area contributed by atoms with Crippen LogP contribution in [0.1, 0.15) is 27.1 Å². The van der Waals surface area contributed by atoms with Crippen molar-refractivity contribution in [3.63, 3.8) is 0 Å². The average molecular weight is 444 g/mol. The number of nitrogens with zero attached hydrogens (tertiary/aromatic N) is 2. The number of rotatable bonds is 4. The maximum Gasteiger partial charge on any atom is 0.253 e. The maximum atomic E-state index is 12.7. The fourth-order valence-electron chi connectivity index (χ4n) is 3.13. The lowest BCUT2D eigenvalue weighted by atomic mass is 10.2. The van der Waals surface area contributed by atoms with Crippen LogP contribution >= 0.6 is 15.9 Å². The summed E-state index contributed by atoms with van der Waals surface area (Å²) in [5.74, 6) is -0.441. The summed E-state index contributed by atoms with van der Waals surface area (Å²) in [6.07, 6.45) is 0.706. The molecule has 0 unspecified atom stereocenters. The number of carbonyl (C=O) groups is 3. The van der Waals surface area contributed by atoms with Crippen molar-refractivity contribution >= 4 is 33.7 Å². The number of benzene rings is 2. The van der Waals surface area contributed by atoms with Gasteiger partial charge in [-0.15, -0.1) is 0 Å². The smallest absolute Gasteiger partial charge is 0.253 e. The molecule has 146 valence electrons. The van der Waals surface area contributed by atoms with E-state index in [-0.39, 0.29) is 24.3 Å². The average Bonchev–Trinajstić information content (AvgIpc) is 2.98. The first-order valence-electron chi connectivity index (χ1n) is 9.20. The highest BCUT2D eigenvalue weighted by Crippen LogP contribution is 2.15. The molecule has 0 radical (unpaired) electrons. The summed E-state index contributed by atoms with van der Waals surface area (Å²) in [6.45, 7) is 2.06. The minimum Gasteiger partial charge on any atom is -0.343 e. The molecule has 1 aliphatic rings. The molecule has 0 aromatic heterocycles. The molecule has 7 heteroatoms. The van der Waals surface area contributed by atoms with Gasteiger partial charge in [0, 0.05) is 41.8 Å². The van der Waals surface area contributed by atoms with Crippen LogP contribution in [0.25, 0.3) is 0 Å². The van der Waals surface area contributed by atoms with Gasteiger partial charge in [-0.3, -0.25) is 14.4 Å². The maximum absolute atomic E-state index is 12.7. The van der Waals surface area contributed by atoms with Gasteiger partial charge in [0.15, 0.2) is 0 Å². The lowest BCUT2D eigenvalue weighted by Gasteiger charge is -2.22. The molecule has 1 aliphatic heterocycles. The predicted octanol–water partition coefficient (Wildman–Crippen LogP) is 2.55. The molecule has 3 amide bonds. The minimum absolute atomic E-state index is 0.0343. The number of hydrogen-bond acceptors (Lipinski definition) is 3. The fraction of sp³-hybridized carbons (Fsp3) is 0.286. The highest BCUT2D eigenvalue weighted by atomic mass is 79.9. The summed E-state index contributed by atoms with van der Waals surface area (Å²) < 4.78 is 0.860. The number of nitrogens with one attached hydrogen (secondary N) is 1.